The molecule has 1 atom stereocenters. The number of nitrogens with one attached hydrogen (secondary N) is 1. The van der Waals surface area contributed by atoms with Crippen LogP contribution in [-0.2, 0) is 19.1 Å². The number of hydrogen-bond acceptors (Lipinski definition) is 4. The average Bonchev–Trinajstić information content (AvgIpc) is 2.92. The van der Waals surface area contributed by atoms with E-state index in [1.807, 2.05) is 0 Å². The zero-order chi connectivity index (χ0) is 20.6. The predicted molar refractivity (Wildman–Crippen MR) is 116 cm³/mol. The van der Waals surface area contributed by atoms with Gasteiger partial charge in [0, 0.05) is 12.8 Å². The third-order valence-electron chi connectivity index (χ3n) is 5.12. The van der Waals surface area contributed by atoms with E-state index >= 15 is 0 Å². The van der Waals surface area contributed by atoms with Crippen molar-refractivity contribution in [3.63, 3.8) is 0 Å². The highest BCUT2D eigenvalue weighted by molar-refractivity contribution is 9.13. The monoisotopic (exact) mass is 517 g/mol. The third kappa shape index (κ3) is 6.83. The molecule has 2 rings (SSSR count). The minimum absolute atomic E-state index is 0.125. The van der Waals surface area contributed by atoms with E-state index in [1.165, 1.54) is 38.5 Å². The van der Waals surface area contributed by atoms with E-state index in [9.17, 15) is 14.4 Å². The van der Waals surface area contributed by atoms with Crippen molar-refractivity contribution in [2.75, 3.05) is 0 Å². The Hall–Kier alpha value is -0.950. The Labute approximate surface area is 184 Å². The number of allylic oxidation sites excluding steroid dienone is 2. The van der Waals surface area contributed by atoms with Gasteiger partial charge in [-0.25, -0.2) is 4.79 Å². The fourth-order valence-corrected chi connectivity index (χ4v) is 5.04. The first-order valence-corrected chi connectivity index (χ1v) is 11.8. The summed E-state index contributed by atoms with van der Waals surface area (Å²) in [5.74, 6) is -0.790. The van der Waals surface area contributed by atoms with E-state index in [-0.39, 0.29) is 18.1 Å². The van der Waals surface area contributed by atoms with Crippen molar-refractivity contribution >= 4 is 49.5 Å². The molecule has 1 amide bonds. The number of amides is 1. The molecule has 0 aromatic carbocycles. The Morgan fingerprint density at radius 2 is 1.57 bits per heavy atom. The Morgan fingerprint density at radius 3 is 2.14 bits per heavy atom. The summed E-state index contributed by atoms with van der Waals surface area (Å²) in [6.07, 6.45) is 14.6. The number of halogens is 2. The van der Waals surface area contributed by atoms with Gasteiger partial charge < -0.3 is 10.1 Å². The highest BCUT2D eigenvalue weighted by atomic mass is 79.9. The highest BCUT2D eigenvalue weighted by Crippen LogP contribution is 2.38. The molecular formula is C21H29Br2NO4. The fraction of sp³-hybridized carbons (Fsp3) is 0.667. The summed E-state index contributed by atoms with van der Waals surface area (Å²) in [5, 5.41) is 2.78. The van der Waals surface area contributed by atoms with Gasteiger partial charge in [-0.2, -0.15) is 0 Å². The normalized spacial score (nSPS) is 20.8. The number of unbranched alkanes of at least 4 members (excludes halogenated alkanes) is 8. The number of hydrogen-bond donors (Lipinski definition) is 1. The van der Waals surface area contributed by atoms with Crippen molar-refractivity contribution in [1.29, 1.82) is 0 Å². The Morgan fingerprint density at radius 1 is 1.04 bits per heavy atom. The fourth-order valence-electron chi connectivity index (χ4n) is 3.57. The maximum atomic E-state index is 12.2. The van der Waals surface area contributed by atoms with E-state index in [0.29, 0.717) is 15.4 Å². The first kappa shape index (κ1) is 23.3. The van der Waals surface area contributed by atoms with E-state index < -0.39 is 17.6 Å². The van der Waals surface area contributed by atoms with Crippen LogP contribution in [0.25, 0.3) is 0 Å². The van der Waals surface area contributed by atoms with Gasteiger partial charge in [-0.1, -0.05) is 58.3 Å². The molecule has 1 heterocycles. The Balaban J connectivity index is 1.68. The number of ether oxygens (including phenoxy) is 1. The van der Waals surface area contributed by atoms with Crippen LogP contribution < -0.4 is 5.32 Å². The van der Waals surface area contributed by atoms with Crippen LogP contribution in [0.4, 0.5) is 0 Å². The van der Waals surface area contributed by atoms with Crippen molar-refractivity contribution in [2.24, 2.45) is 0 Å². The highest BCUT2D eigenvalue weighted by Gasteiger charge is 2.47. The smallest absolute Gasteiger partial charge is 0.330 e. The van der Waals surface area contributed by atoms with E-state index in [2.05, 4.69) is 44.1 Å². The second kappa shape index (κ2) is 11.3. The molecule has 2 aliphatic rings. The van der Waals surface area contributed by atoms with Gasteiger partial charge in [0.1, 0.15) is 6.04 Å². The van der Waals surface area contributed by atoms with Crippen molar-refractivity contribution in [3.8, 4) is 0 Å². The molecule has 156 valence electrons. The van der Waals surface area contributed by atoms with Gasteiger partial charge in [0.25, 0.3) is 0 Å². The summed E-state index contributed by atoms with van der Waals surface area (Å²) in [5.41, 5.74) is -0.988. The average molecular weight is 519 g/mol. The standard InChI is InChI=1S/C21H29Br2NO4/c1-2-3-4-5-6-7-8-9-10-11-18(25)24-17-14-21(28-20(17)27)12-15(22)19(26)16(23)13-21/h12-13,17H,2-11,14H2,1H3,(H,24,25). The van der Waals surface area contributed by atoms with Crippen LogP contribution in [-0.4, -0.2) is 29.3 Å². The number of rotatable bonds is 11. The van der Waals surface area contributed by atoms with Crippen LogP contribution in [0.5, 0.6) is 0 Å². The van der Waals surface area contributed by atoms with Gasteiger partial charge in [0.2, 0.25) is 11.7 Å². The van der Waals surface area contributed by atoms with E-state index in [1.54, 1.807) is 12.2 Å². The largest absolute Gasteiger partial charge is 0.449 e. The number of esters is 1. The van der Waals surface area contributed by atoms with Gasteiger partial charge in [0.15, 0.2) is 5.60 Å². The molecule has 28 heavy (non-hydrogen) atoms. The molecule has 0 radical (unpaired) electrons. The van der Waals surface area contributed by atoms with Crippen molar-refractivity contribution < 1.29 is 19.1 Å². The maximum absolute atomic E-state index is 12.2. The summed E-state index contributed by atoms with van der Waals surface area (Å²) in [7, 11) is 0. The first-order chi connectivity index (χ1) is 13.4. The molecule has 0 aromatic heterocycles. The number of Topliss-reactive ketones (excluding diaryl/α,β-unsaturated/α-hetero) is 1. The molecule has 0 aromatic rings. The third-order valence-corrected chi connectivity index (χ3v) is 6.29. The van der Waals surface area contributed by atoms with Crippen molar-refractivity contribution in [3.05, 3.63) is 21.1 Å². The molecule has 1 saturated heterocycles. The quantitative estimate of drug-likeness (QED) is 0.300. The summed E-state index contributed by atoms with van der Waals surface area (Å²) in [4.78, 5) is 36.2. The zero-order valence-corrected chi connectivity index (χ0v) is 19.6. The number of carbonyl (C=O) groups is 3. The number of ketones is 1. The lowest BCUT2D eigenvalue weighted by Crippen LogP contribution is -2.38. The van der Waals surface area contributed by atoms with Crippen LogP contribution in [0.3, 0.4) is 0 Å². The molecule has 1 aliphatic carbocycles. The first-order valence-electron chi connectivity index (χ1n) is 10.2. The van der Waals surface area contributed by atoms with Crippen molar-refractivity contribution in [2.45, 2.75) is 89.2 Å². The maximum Gasteiger partial charge on any atom is 0.330 e. The second-order valence-corrected chi connectivity index (χ2v) is 9.30. The van der Waals surface area contributed by atoms with Gasteiger partial charge in [-0.05, 0) is 50.4 Å². The summed E-state index contributed by atoms with van der Waals surface area (Å²) in [6.45, 7) is 2.22. The lowest BCUT2D eigenvalue weighted by molar-refractivity contribution is -0.145. The van der Waals surface area contributed by atoms with Gasteiger partial charge in [-0.3, -0.25) is 9.59 Å². The number of carbonyl (C=O) groups excluding carboxylic acids is 3. The predicted octanol–water partition coefficient (Wildman–Crippen LogP) is 5.22. The topological polar surface area (TPSA) is 72.5 Å². The van der Waals surface area contributed by atoms with Crippen LogP contribution in [0.2, 0.25) is 0 Å². The molecule has 0 bridgehead atoms. The van der Waals surface area contributed by atoms with Crippen LogP contribution >= 0.6 is 31.9 Å². The molecule has 1 unspecified atom stereocenters. The Kier molecular flexibility index (Phi) is 9.41. The summed E-state index contributed by atoms with van der Waals surface area (Å²) < 4.78 is 6.16. The molecule has 1 aliphatic heterocycles. The lowest BCUT2D eigenvalue weighted by atomic mass is 9.92. The van der Waals surface area contributed by atoms with Crippen LogP contribution in [0, 0.1) is 0 Å². The molecule has 1 fully saturated rings. The minimum atomic E-state index is -0.988. The second-order valence-electron chi connectivity index (χ2n) is 7.59. The lowest BCUT2D eigenvalue weighted by Gasteiger charge is -2.24. The molecule has 5 nitrogen and oxygen atoms in total. The molecular weight excluding hydrogens is 490 g/mol. The van der Waals surface area contributed by atoms with Crippen LogP contribution in [0.1, 0.15) is 77.6 Å². The van der Waals surface area contributed by atoms with Gasteiger partial charge in [-0.15, -0.1) is 0 Å². The van der Waals surface area contributed by atoms with E-state index in [4.69, 9.17) is 4.74 Å². The molecule has 1 N–H and O–H groups in total. The molecule has 0 saturated carbocycles. The zero-order valence-electron chi connectivity index (χ0n) is 16.4. The minimum Gasteiger partial charge on any atom is -0.449 e. The summed E-state index contributed by atoms with van der Waals surface area (Å²) in [6, 6.07) is -0.688. The summed E-state index contributed by atoms with van der Waals surface area (Å²) >= 11 is 6.41. The van der Waals surface area contributed by atoms with Crippen molar-refractivity contribution in [1.82, 2.24) is 5.32 Å². The molecule has 1 spiro atoms. The van der Waals surface area contributed by atoms with Crippen LogP contribution in [0.15, 0.2) is 21.1 Å². The van der Waals surface area contributed by atoms with Gasteiger partial charge >= 0.3 is 5.97 Å². The Bertz CT molecular complexity index is 635. The van der Waals surface area contributed by atoms with Gasteiger partial charge in [0.05, 0.1) is 8.96 Å². The van der Waals surface area contributed by atoms with E-state index in [0.717, 1.165) is 19.3 Å². The molecule has 7 heteroatoms. The SMILES string of the molecule is CCCCCCCCCCCC(=O)NC1CC2(C=C(Br)C(=O)C(Br)=C2)OC1=O.